The number of nitrogens with one attached hydrogen (secondary N) is 1. The molecule has 0 aliphatic carbocycles. The third-order valence-corrected chi connectivity index (χ3v) is 4.18. The maximum absolute atomic E-state index is 13.0. The molecule has 0 spiro atoms. The van der Waals surface area contributed by atoms with Crippen molar-refractivity contribution in [1.29, 1.82) is 0 Å². The zero-order chi connectivity index (χ0) is 14.0. The van der Waals surface area contributed by atoms with Crippen molar-refractivity contribution in [2.45, 2.75) is 4.90 Å². The highest BCUT2D eigenvalue weighted by molar-refractivity contribution is 7.92. The number of hydrogen-bond acceptors (Lipinski definition) is 3. The number of nitrogen functional groups attached to an aromatic ring is 1. The summed E-state index contributed by atoms with van der Waals surface area (Å²) in [7, 11) is -3.91. The van der Waals surface area contributed by atoms with Crippen LogP contribution in [0.2, 0.25) is 5.02 Å². The summed E-state index contributed by atoms with van der Waals surface area (Å²) in [5, 5.41) is 0.0399. The van der Waals surface area contributed by atoms with Gasteiger partial charge in [-0.15, -0.1) is 0 Å². The molecule has 0 radical (unpaired) electrons. The topological polar surface area (TPSA) is 72.2 Å². The van der Waals surface area contributed by atoms with Crippen LogP contribution in [0.25, 0.3) is 0 Å². The first kappa shape index (κ1) is 13.6. The molecule has 0 fully saturated rings. The summed E-state index contributed by atoms with van der Waals surface area (Å²) in [6.07, 6.45) is 0. The summed E-state index contributed by atoms with van der Waals surface area (Å²) in [6, 6.07) is 9.22. The van der Waals surface area contributed by atoms with Crippen LogP contribution in [0, 0.1) is 5.82 Å². The first-order chi connectivity index (χ1) is 8.88. The number of halogens is 2. The van der Waals surface area contributed by atoms with Gasteiger partial charge < -0.3 is 5.73 Å². The van der Waals surface area contributed by atoms with Gasteiger partial charge in [-0.1, -0.05) is 17.7 Å². The van der Waals surface area contributed by atoms with Gasteiger partial charge in [0.2, 0.25) is 0 Å². The van der Waals surface area contributed by atoms with E-state index >= 15 is 0 Å². The van der Waals surface area contributed by atoms with Gasteiger partial charge in [0.1, 0.15) is 10.7 Å². The highest BCUT2D eigenvalue weighted by Crippen LogP contribution is 2.25. The summed E-state index contributed by atoms with van der Waals surface area (Å²) in [6.45, 7) is 0. The number of benzene rings is 2. The predicted molar refractivity (Wildman–Crippen MR) is 73.1 cm³/mol. The van der Waals surface area contributed by atoms with E-state index in [1.165, 1.54) is 36.4 Å². The number of nitrogens with two attached hydrogens (primary N) is 1. The van der Waals surface area contributed by atoms with Crippen LogP contribution in [0.5, 0.6) is 0 Å². The van der Waals surface area contributed by atoms with Crippen LogP contribution in [-0.2, 0) is 10.0 Å². The van der Waals surface area contributed by atoms with Crippen LogP contribution in [0.3, 0.4) is 0 Å². The Bertz CT molecular complexity index is 719. The second kappa shape index (κ2) is 5.07. The summed E-state index contributed by atoms with van der Waals surface area (Å²) in [5.41, 5.74) is 5.91. The monoisotopic (exact) mass is 300 g/mol. The second-order valence-electron chi connectivity index (χ2n) is 3.81. The zero-order valence-corrected chi connectivity index (χ0v) is 11.2. The molecule has 0 atom stereocenters. The molecule has 0 unspecified atom stereocenters. The van der Waals surface area contributed by atoms with E-state index < -0.39 is 15.8 Å². The predicted octanol–water partition coefficient (Wildman–Crippen LogP) is 2.86. The number of hydrogen-bond donors (Lipinski definition) is 2. The van der Waals surface area contributed by atoms with Crippen molar-refractivity contribution in [1.82, 2.24) is 0 Å². The lowest BCUT2D eigenvalue weighted by Crippen LogP contribution is -2.13. The Morgan fingerprint density at radius 1 is 1.16 bits per heavy atom. The van der Waals surface area contributed by atoms with Crippen molar-refractivity contribution in [3.05, 3.63) is 53.3 Å². The lowest BCUT2D eigenvalue weighted by molar-refractivity contribution is 0.601. The standard InChI is InChI=1S/C12H10ClFN2O2S/c13-11-5-4-9(15)7-12(11)19(17,18)16-10-3-1-2-8(14)6-10/h1-7,16H,15H2. The molecule has 100 valence electrons. The van der Waals surface area contributed by atoms with Crippen LogP contribution >= 0.6 is 11.6 Å². The summed E-state index contributed by atoms with van der Waals surface area (Å²) >= 11 is 5.83. The van der Waals surface area contributed by atoms with Gasteiger partial charge in [-0.2, -0.15) is 0 Å². The van der Waals surface area contributed by atoms with E-state index in [4.69, 9.17) is 17.3 Å². The molecule has 2 rings (SSSR count). The molecule has 3 N–H and O–H groups in total. The lowest BCUT2D eigenvalue weighted by Gasteiger charge is -2.10. The minimum atomic E-state index is -3.91. The molecule has 0 bridgehead atoms. The Balaban J connectivity index is 2.40. The van der Waals surface area contributed by atoms with Crippen molar-refractivity contribution < 1.29 is 12.8 Å². The van der Waals surface area contributed by atoms with Crippen molar-refractivity contribution in [2.75, 3.05) is 10.5 Å². The van der Waals surface area contributed by atoms with E-state index in [2.05, 4.69) is 4.72 Å². The third-order valence-electron chi connectivity index (χ3n) is 2.32. The van der Waals surface area contributed by atoms with E-state index in [1.807, 2.05) is 0 Å². The fraction of sp³-hybridized carbons (Fsp3) is 0. The molecule has 19 heavy (non-hydrogen) atoms. The maximum Gasteiger partial charge on any atom is 0.263 e. The highest BCUT2D eigenvalue weighted by Gasteiger charge is 2.18. The van der Waals surface area contributed by atoms with Gasteiger partial charge in [0.05, 0.1) is 10.7 Å². The largest absolute Gasteiger partial charge is 0.399 e. The van der Waals surface area contributed by atoms with Crippen molar-refractivity contribution in [3.63, 3.8) is 0 Å². The Morgan fingerprint density at radius 3 is 2.58 bits per heavy atom. The second-order valence-corrected chi connectivity index (χ2v) is 5.86. The molecule has 0 aromatic heterocycles. The average Bonchev–Trinajstić information content (AvgIpc) is 2.31. The van der Waals surface area contributed by atoms with Gasteiger partial charge in [0.15, 0.2) is 0 Å². The van der Waals surface area contributed by atoms with E-state index in [0.717, 1.165) is 6.07 Å². The molecule has 0 aliphatic heterocycles. The molecule has 0 heterocycles. The average molecular weight is 301 g/mol. The smallest absolute Gasteiger partial charge is 0.263 e. The Hall–Kier alpha value is -1.79. The van der Waals surface area contributed by atoms with Gasteiger partial charge >= 0.3 is 0 Å². The van der Waals surface area contributed by atoms with Crippen LogP contribution in [0.4, 0.5) is 15.8 Å². The SMILES string of the molecule is Nc1ccc(Cl)c(S(=O)(=O)Nc2cccc(F)c2)c1. The molecule has 0 aliphatic rings. The van der Waals surface area contributed by atoms with E-state index in [1.54, 1.807) is 0 Å². The zero-order valence-electron chi connectivity index (χ0n) is 9.60. The van der Waals surface area contributed by atoms with Crippen LogP contribution in [-0.4, -0.2) is 8.42 Å². The fourth-order valence-electron chi connectivity index (χ4n) is 1.49. The van der Waals surface area contributed by atoms with Gasteiger partial charge in [-0.05, 0) is 36.4 Å². The van der Waals surface area contributed by atoms with E-state index in [0.29, 0.717) is 0 Å². The summed E-state index contributed by atoms with van der Waals surface area (Å²) < 4.78 is 39.5. The summed E-state index contributed by atoms with van der Waals surface area (Å²) in [5.74, 6) is -0.543. The van der Waals surface area contributed by atoms with Gasteiger partial charge in [0, 0.05) is 5.69 Å². The quantitative estimate of drug-likeness (QED) is 0.856. The molecule has 0 saturated carbocycles. The van der Waals surface area contributed by atoms with Gasteiger partial charge in [-0.3, -0.25) is 4.72 Å². The third kappa shape index (κ3) is 3.15. The number of anilines is 2. The summed E-state index contributed by atoms with van der Waals surface area (Å²) in [4.78, 5) is -0.154. The highest BCUT2D eigenvalue weighted by atomic mass is 35.5. The molecule has 2 aromatic rings. The minimum absolute atomic E-state index is 0.0399. The molecule has 0 amide bonds. The Labute approximate surface area is 115 Å². The first-order valence-electron chi connectivity index (χ1n) is 5.22. The fourth-order valence-corrected chi connectivity index (χ4v) is 3.07. The molecule has 4 nitrogen and oxygen atoms in total. The normalized spacial score (nSPS) is 11.3. The molecular formula is C12H10ClFN2O2S. The number of rotatable bonds is 3. The van der Waals surface area contributed by atoms with Crippen molar-refractivity contribution in [3.8, 4) is 0 Å². The molecule has 7 heteroatoms. The van der Waals surface area contributed by atoms with Gasteiger partial charge in [0.25, 0.3) is 10.0 Å². The van der Waals surface area contributed by atoms with Crippen LogP contribution < -0.4 is 10.5 Å². The maximum atomic E-state index is 13.0. The Morgan fingerprint density at radius 2 is 1.89 bits per heavy atom. The minimum Gasteiger partial charge on any atom is -0.399 e. The van der Waals surface area contributed by atoms with Crippen molar-refractivity contribution >= 4 is 33.0 Å². The van der Waals surface area contributed by atoms with Crippen LogP contribution in [0.15, 0.2) is 47.4 Å². The Kier molecular flexibility index (Phi) is 3.64. The lowest BCUT2D eigenvalue weighted by atomic mass is 10.3. The molecule has 0 saturated heterocycles. The van der Waals surface area contributed by atoms with Crippen molar-refractivity contribution in [2.24, 2.45) is 0 Å². The van der Waals surface area contributed by atoms with Gasteiger partial charge in [-0.25, -0.2) is 12.8 Å². The number of sulfonamides is 1. The van der Waals surface area contributed by atoms with E-state index in [-0.39, 0.29) is 21.3 Å². The molecular weight excluding hydrogens is 291 g/mol. The van der Waals surface area contributed by atoms with Crippen LogP contribution in [0.1, 0.15) is 0 Å². The first-order valence-corrected chi connectivity index (χ1v) is 7.08. The molecule has 2 aromatic carbocycles. The van der Waals surface area contributed by atoms with E-state index in [9.17, 15) is 12.8 Å².